The Labute approximate surface area is 334 Å². The normalized spacial score (nSPS) is 16.2. The maximum atomic E-state index is 13.2. The Kier molecular flexibility index (Phi) is 12.8. The highest BCUT2D eigenvalue weighted by molar-refractivity contribution is 6.25. The summed E-state index contributed by atoms with van der Waals surface area (Å²) < 4.78 is 10.7. The van der Waals surface area contributed by atoms with E-state index in [2.05, 4.69) is 26.6 Å². The third-order valence-electron chi connectivity index (χ3n) is 10.1. The van der Waals surface area contributed by atoms with Crippen molar-refractivity contribution in [2.24, 2.45) is 0 Å². The van der Waals surface area contributed by atoms with E-state index in [9.17, 15) is 33.6 Å². The SMILES string of the molecule is CNC(=O)CNC(=O)C1(c2ccc(OC)cc2)CC1.O=C1CCC(N2C(=O)c3cccc(NCc4ccc(C(=O)NCCOc5ccccc5)cc4)c3C2=O)C(=O)N1. The van der Waals surface area contributed by atoms with E-state index in [1.807, 2.05) is 54.6 Å². The first kappa shape index (κ1) is 40.6. The van der Waals surface area contributed by atoms with Crippen LogP contribution in [0.5, 0.6) is 11.5 Å². The van der Waals surface area contributed by atoms with Gasteiger partial charge in [-0.15, -0.1) is 0 Å². The van der Waals surface area contributed by atoms with E-state index in [0.717, 1.165) is 40.4 Å². The number of hydrogen-bond donors (Lipinski definition) is 5. The fourth-order valence-electron chi connectivity index (χ4n) is 6.69. The fraction of sp³-hybridized carbons (Fsp3) is 0.279. The summed E-state index contributed by atoms with van der Waals surface area (Å²) in [4.78, 5) is 86.7. The molecule has 2 fully saturated rings. The number of rotatable bonds is 14. The molecule has 7 rings (SSSR count). The average molecular weight is 789 g/mol. The van der Waals surface area contributed by atoms with Gasteiger partial charge < -0.3 is 30.7 Å². The second kappa shape index (κ2) is 18.3. The van der Waals surface area contributed by atoms with Crippen LogP contribution in [0.4, 0.5) is 5.69 Å². The van der Waals surface area contributed by atoms with Crippen molar-refractivity contribution in [3.63, 3.8) is 0 Å². The molecule has 1 unspecified atom stereocenters. The van der Waals surface area contributed by atoms with Crippen LogP contribution < -0.4 is 36.1 Å². The van der Waals surface area contributed by atoms with Gasteiger partial charge in [0.2, 0.25) is 23.6 Å². The van der Waals surface area contributed by atoms with Gasteiger partial charge in [0.25, 0.3) is 17.7 Å². The van der Waals surface area contributed by atoms with Gasteiger partial charge in [-0.1, -0.05) is 48.5 Å². The number of amides is 7. The van der Waals surface area contributed by atoms with Gasteiger partial charge in [0, 0.05) is 31.3 Å². The van der Waals surface area contributed by atoms with Gasteiger partial charge in [0.15, 0.2) is 0 Å². The topological polar surface area (TPSA) is 201 Å². The Balaban J connectivity index is 0.000000250. The molecule has 7 amide bonds. The summed E-state index contributed by atoms with van der Waals surface area (Å²) in [7, 11) is 3.16. The number of imide groups is 2. The molecule has 3 aliphatic rings. The summed E-state index contributed by atoms with van der Waals surface area (Å²) in [6.07, 6.45) is 1.79. The summed E-state index contributed by atoms with van der Waals surface area (Å²) in [5, 5.41) is 13.4. The second-order valence-corrected chi connectivity index (χ2v) is 13.8. The molecule has 0 radical (unpaired) electrons. The number of likely N-dealkylation sites (N-methyl/N-ethyl adjacent to an activating group) is 1. The maximum Gasteiger partial charge on any atom is 0.264 e. The van der Waals surface area contributed by atoms with E-state index in [0.29, 0.717) is 30.9 Å². The number of hydrogen-bond acceptors (Lipinski definition) is 10. The van der Waals surface area contributed by atoms with Crippen molar-refractivity contribution in [3.05, 3.63) is 125 Å². The van der Waals surface area contributed by atoms with Gasteiger partial charge in [-0.2, -0.15) is 0 Å². The first-order valence-electron chi connectivity index (χ1n) is 18.8. The van der Waals surface area contributed by atoms with Crippen LogP contribution in [-0.2, 0) is 31.1 Å². The molecule has 2 aliphatic heterocycles. The predicted molar refractivity (Wildman–Crippen MR) is 212 cm³/mol. The number of fused-ring (bicyclic) bond motifs is 1. The molecule has 1 saturated carbocycles. The van der Waals surface area contributed by atoms with Crippen LogP contribution in [-0.4, -0.2) is 86.1 Å². The Morgan fingerprint density at radius 1 is 0.828 bits per heavy atom. The zero-order valence-electron chi connectivity index (χ0n) is 32.1. The largest absolute Gasteiger partial charge is 0.497 e. The molecule has 1 aliphatic carbocycles. The standard InChI is InChI=1S/C29H26N4O6.C14H18N2O3/c34-24-14-13-23(27(36)32-24)33-28(37)21-7-4-8-22(25(21)29(33)38)31-17-18-9-11-19(12-10-18)26(35)30-15-16-39-20-5-2-1-3-6-20;1-15-12(17)9-16-13(18)14(7-8-14)10-3-5-11(19-2)6-4-10/h1-12,23,31H,13-17H2,(H,30,35)(H,32,34,36);3-6H,7-9H2,1-2H3,(H,15,17)(H,16,18). The van der Waals surface area contributed by atoms with Crippen LogP contribution in [0.1, 0.15) is 67.9 Å². The van der Waals surface area contributed by atoms with Crippen molar-refractivity contribution < 1.29 is 43.0 Å². The lowest BCUT2D eigenvalue weighted by atomic mass is 9.95. The Morgan fingerprint density at radius 2 is 1.55 bits per heavy atom. The summed E-state index contributed by atoms with van der Waals surface area (Å²) >= 11 is 0. The molecule has 0 aromatic heterocycles. The highest BCUT2D eigenvalue weighted by Gasteiger charge is 2.51. The molecule has 2 heterocycles. The lowest BCUT2D eigenvalue weighted by molar-refractivity contribution is -0.136. The molecule has 4 aromatic carbocycles. The van der Waals surface area contributed by atoms with Crippen molar-refractivity contribution in [1.82, 2.24) is 26.2 Å². The van der Waals surface area contributed by atoms with Crippen LogP contribution in [0.15, 0.2) is 97.1 Å². The molecule has 15 nitrogen and oxygen atoms in total. The molecule has 15 heteroatoms. The van der Waals surface area contributed by atoms with Gasteiger partial charge in [0.1, 0.15) is 24.1 Å². The number of nitrogens with zero attached hydrogens (tertiary/aromatic N) is 1. The summed E-state index contributed by atoms with van der Waals surface area (Å²) in [5.41, 5.74) is 2.73. The molecule has 58 heavy (non-hydrogen) atoms. The van der Waals surface area contributed by atoms with Crippen molar-refractivity contribution >= 4 is 47.0 Å². The molecular formula is C43H44N6O9. The number of benzene rings is 4. The summed E-state index contributed by atoms with van der Waals surface area (Å²) in [5.74, 6) is -1.19. The lowest BCUT2D eigenvalue weighted by Gasteiger charge is -2.27. The molecule has 1 saturated heterocycles. The first-order valence-corrected chi connectivity index (χ1v) is 18.8. The second-order valence-electron chi connectivity index (χ2n) is 13.8. The van der Waals surface area contributed by atoms with E-state index in [1.165, 1.54) is 0 Å². The first-order chi connectivity index (χ1) is 28.0. The van der Waals surface area contributed by atoms with Gasteiger partial charge in [-0.05, 0) is 78.9 Å². The Hall–Kier alpha value is -7.03. The van der Waals surface area contributed by atoms with E-state index in [-0.39, 0.29) is 48.2 Å². The minimum Gasteiger partial charge on any atom is -0.497 e. The number of para-hydroxylation sites is 1. The molecular weight excluding hydrogens is 745 g/mol. The van der Waals surface area contributed by atoms with E-state index < -0.39 is 35.1 Å². The fourth-order valence-corrected chi connectivity index (χ4v) is 6.69. The zero-order valence-corrected chi connectivity index (χ0v) is 32.1. The average Bonchev–Trinajstić information content (AvgIpc) is 4.02. The van der Waals surface area contributed by atoms with Crippen LogP contribution in [0.25, 0.3) is 0 Å². The van der Waals surface area contributed by atoms with Crippen LogP contribution in [0, 0.1) is 0 Å². The highest BCUT2D eigenvalue weighted by atomic mass is 16.5. The van der Waals surface area contributed by atoms with E-state index in [1.54, 1.807) is 56.6 Å². The van der Waals surface area contributed by atoms with Gasteiger partial charge >= 0.3 is 0 Å². The monoisotopic (exact) mass is 788 g/mol. The number of carbonyl (C=O) groups is 7. The van der Waals surface area contributed by atoms with Crippen molar-refractivity contribution in [2.75, 3.05) is 39.2 Å². The molecule has 0 spiro atoms. The van der Waals surface area contributed by atoms with Crippen LogP contribution >= 0.6 is 0 Å². The van der Waals surface area contributed by atoms with Gasteiger partial charge in [-0.25, -0.2) is 0 Å². The van der Waals surface area contributed by atoms with Crippen molar-refractivity contribution in [1.29, 1.82) is 0 Å². The van der Waals surface area contributed by atoms with Crippen molar-refractivity contribution in [3.8, 4) is 11.5 Å². The minimum atomic E-state index is -1.02. The number of nitrogens with one attached hydrogen (secondary N) is 5. The number of methoxy groups -OCH3 is 1. The minimum absolute atomic E-state index is 0.0211. The highest BCUT2D eigenvalue weighted by Crippen LogP contribution is 2.48. The third-order valence-corrected chi connectivity index (χ3v) is 10.1. The Morgan fingerprint density at radius 3 is 2.21 bits per heavy atom. The van der Waals surface area contributed by atoms with Crippen molar-refractivity contribution in [2.45, 2.75) is 43.7 Å². The van der Waals surface area contributed by atoms with Crippen LogP contribution in [0.3, 0.4) is 0 Å². The number of anilines is 1. The number of piperidine rings is 1. The van der Waals surface area contributed by atoms with E-state index >= 15 is 0 Å². The molecule has 300 valence electrons. The number of ether oxygens (including phenoxy) is 2. The number of carbonyl (C=O) groups excluding carboxylic acids is 7. The van der Waals surface area contributed by atoms with E-state index in [4.69, 9.17) is 9.47 Å². The van der Waals surface area contributed by atoms with Gasteiger partial charge in [-0.3, -0.25) is 43.8 Å². The maximum absolute atomic E-state index is 13.2. The zero-order chi connectivity index (χ0) is 41.2. The Bertz CT molecular complexity index is 2190. The quantitative estimate of drug-likeness (QED) is 0.0935. The predicted octanol–water partition coefficient (Wildman–Crippen LogP) is 3.10. The third kappa shape index (κ3) is 9.32. The lowest BCUT2D eigenvalue weighted by Crippen LogP contribution is -2.54. The molecule has 5 N–H and O–H groups in total. The smallest absolute Gasteiger partial charge is 0.264 e. The summed E-state index contributed by atoms with van der Waals surface area (Å²) in [6, 6.07) is 27.8. The molecule has 0 bridgehead atoms. The molecule has 1 atom stereocenters. The molecule has 4 aromatic rings. The van der Waals surface area contributed by atoms with Crippen LogP contribution in [0.2, 0.25) is 0 Å². The summed E-state index contributed by atoms with van der Waals surface area (Å²) in [6.45, 7) is 1.07. The van der Waals surface area contributed by atoms with Gasteiger partial charge in [0.05, 0.1) is 36.7 Å².